The summed E-state index contributed by atoms with van der Waals surface area (Å²) in [6.07, 6.45) is 10.9. The van der Waals surface area contributed by atoms with Crippen LogP contribution in [0.25, 0.3) is 16.9 Å². The second-order valence-corrected chi connectivity index (χ2v) is 8.95. The van der Waals surface area contributed by atoms with Gasteiger partial charge in [-0.1, -0.05) is 12.1 Å². The number of hydrogen-bond donors (Lipinski definition) is 1. The number of carbonyl (C=O) groups excluding carboxylic acids is 2. The van der Waals surface area contributed by atoms with Crippen molar-refractivity contribution in [2.45, 2.75) is 43.2 Å². The van der Waals surface area contributed by atoms with E-state index in [1.54, 1.807) is 12.4 Å². The molecule has 3 heterocycles. The normalized spacial score (nSPS) is 16.5. The molecule has 1 N–H and O–H groups in total. The molecule has 2 fully saturated rings. The van der Waals surface area contributed by atoms with Crippen molar-refractivity contribution >= 4 is 29.2 Å². The number of hydrogen-bond acceptors (Lipinski definition) is 5. The van der Waals surface area contributed by atoms with Crippen LogP contribution in [0.1, 0.15) is 53.0 Å². The average Bonchev–Trinajstić information content (AvgIpc) is 3.53. The Labute approximate surface area is 185 Å². The quantitative estimate of drug-likeness (QED) is 0.619. The van der Waals surface area contributed by atoms with E-state index in [1.165, 1.54) is 18.2 Å². The zero-order valence-corrected chi connectivity index (χ0v) is 18.3. The summed E-state index contributed by atoms with van der Waals surface area (Å²) in [4.78, 5) is 36.4. The van der Waals surface area contributed by atoms with E-state index in [9.17, 15) is 9.59 Å². The average molecular weight is 436 g/mol. The van der Waals surface area contributed by atoms with Crippen LogP contribution in [0.4, 0.5) is 0 Å². The minimum absolute atomic E-state index is 0.0244. The van der Waals surface area contributed by atoms with Crippen LogP contribution in [0.3, 0.4) is 0 Å². The van der Waals surface area contributed by atoms with Gasteiger partial charge in [-0.25, -0.2) is 9.97 Å². The number of nitrogens with zero attached hydrogens (tertiary/aromatic N) is 4. The fraction of sp³-hybridized carbons (Fsp3) is 0.391. The van der Waals surface area contributed by atoms with Crippen LogP contribution < -0.4 is 5.32 Å². The molecule has 1 aliphatic carbocycles. The Morgan fingerprint density at radius 2 is 1.84 bits per heavy atom. The Morgan fingerprint density at radius 3 is 2.52 bits per heavy atom. The van der Waals surface area contributed by atoms with Crippen LogP contribution in [0.2, 0.25) is 0 Å². The minimum atomic E-state index is -0.0320. The van der Waals surface area contributed by atoms with E-state index in [0.717, 1.165) is 60.7 Å². The molecule has 1 aliphatic heterocycles. The number of likely N-dealkylation sites (tertiary alicyclic amines) is 1. The van der Waals surface area contributed by atoms with E-state index in [1.807, 2.05) is 39.8 Å². The summed E-state index contributed by atoms with van der Waals surface area (Å²) in [6.45, 7) is 1.57. The molecule has 160 valence electrons. The van der Waals surface area contributed by atoms with E-state index in [4.69, 9.17) is 0 Å². The Morgan fingerprint density at radius 1 is 1.10 bits per heavy atom. The molecule has 8 heteroatoms. The highest BCUT2D eigenvalue weighted by atomic mass is 32.2. The fourth-order valence-corrected chi connectivity index (χ4v) is 4.48. The van der Waals surface area contributed by atoms with Gasteiger partial charge in [0, 0.05) is 36.5 Å². The van der Waals surface area contributed by atoms with Gasteiger partial charge in [0.1, 0.15) is 10.7 Å². The third-order valence-electron chi connectivity index (χ3n) is 5.87. The molecule has 1 saturated carbocycles. The number of rotatable bonds is 5. The highest BCUT2D eigenvalue weighted by Gasteiger charge is 2.24. The van der Waals surface area contributed by atoms with Crippen molar-refractivity contribution in [3.05, 3.63) is 47.9 Å². The predicted octanol–water partition coefficient (Wildman–Crippen LogP) is 3.64. The lowest BCUT2D eigenvalue weighted by Crippen LogP contribution is -2.36. The van der Waals surface area contributed by atoms with Crippen molar-refractivity contribution < 1.29 is 9.59 Å². The van der Waals surface area contributed by atoms with Gasteiger partial charge in [0.25, 0.3) is 11.8 Å². The maximum atomic E-state index is 13.1. The van der Waals surface area contributed by atoms with Gasteiger partial charge >= 0.3 is 0 Å². The molecule has 31 heavy (non-hydrogen) atoms. The molecule has 0 radical (unpaired) electrons. The highest BCUT2D eigenvalue weighted by molar-refractivity contribution is 7.98. The van der Waals surface area contributed by atoms with E-state index in [2.05, 4.69) is 15.3 Å². The SMILES string of the molecule is CSc1nc(C(=O)N2CCCCC2)cn2c(-c3ccc(C(=O)NC4CC4)cc3)cnc12. The van der Waals surface area contributed by atoms with Crippen molar-refractivity contribution in [1.82, 2.24) is 24.6 Å². The number of aromatic nitrogens is 3. The van der Waals surface area contributed by atoms with E-state index < -0.39 is 0 Å². The number of carbonyl (C=O) groups is 2. The Kier molecular flexibility index (Phi) is 5.40. The number of piperidine rings is 1. The van der Waals surface area contributed by atoms with Gasteiger partial charge < -0.3 is 10.2 Å². The molecule has 2 aliphatic rings. The van der Waals surface area contributed by atoms with Crippen molar-refractivity contribution in [3.63, 3.8) is 0 Å². The van der Waals surface area contributed by atoms with E-state index >= 15 is 0 Å². The molecule has 1 aromatic carbocycles. The Bertz CT molecular complexity index is 1130. The van der Waals surface area contributed by atoms with Gasteiger partial charge in [0.05, 0.1) is 11.9 Å². The molecular formula is C23H25N5O2S. The van der Waals surface area contributed by atoms with Gasteiger partial charge in [-0.15, -0.1) is 11.8 Å². The number of imidazole rings is 1. The van der Waals surface area contributed by atoms with Crippen molar-refractivity contribution in [1.29, 1.82) is 0 Å². The maximum Gasteiger partial charge on any atom is 0.274 e. The minimum Gasteiger partial charge on any atom is -0.349 e. The first kappa shape index (κ1) is 20.1. The van der Waals surface area contributed by atoms with Crippen LogP contribution in [0.15, 0.2) is 41.7 Å². The standard InChI is InChI=1S/C23H25N5O2S/c1-31-22-20-24-13-19(15-5-7-16(8-6-15)21(29)25-17-9-10-17)28(20)14-18(26-22)23(30)27-11-3-2-4-12-27/h5-8,13-14,17H,2-4,9-12H2,1H3,(H,25,29). The molecule has 0 spiro atoms. The lowest BCUT2D eigenvalue weighted by Gasteiger charge is -2.26. The summed E-state index contributed by atoms with van der Waals surface area (Å²) in [5.74, 6) is -0.0564. The van der Waals surface area contributed by atoms with Crippen LogP contribution in [0.5, 0.6) is 0 Å². The smallest absolute Gasteiger partial charge is 0.274 e. The maximum absolute atomic E-state index is 13.1. The first-order valence-corrected chi connectivity index (χ1v) is 12.0. The zero-order valence-electron chi connectivity index (χ0n) is 17.5. The molecule has 2 amide bonds. The monoisotopic (exact) mass is 435 g/mol. The van der Waals surface area contributed by atoms with Gasteiger partial charge in [-0.3, -0.25) is 14.0 Å². The summed E-state index contributed by atoms with van der Waals surface area (Å²) in [6, 6.07) is 7.86. The number of amides is 2. The Hall–Kier alpha value is -2.87. The third kappa shape index (κ3) is 4.04. The molecule has 0 unspecified atom stereocenters. The number of thioether (sulfide) groups is 1. The molecule has 2 aromatic heterocycles. The number of fused-ring (bicyclic) bond motifs is 1. The van der Waals surface area contributed by atoms with Gasteiger partial charge in [0.15, 0.2) is 5.65 Å². The molecular weight excluding hydrogens is 410 g/mol. The third-order valence-corrected chi connectivity index (χ3v) is 6.53. The first-order valence-electron chi connectivity index (χ1n) is 10.8. The fourth-order valence-electron chi connectivity index (χ4n) is 3.96. The van der Waals surface area contributed by atoms with Gasteiger partial charge in [-0.05, 0) is 50.5 Å². The summed E-state index contributed by atoms with van der Waals surface area (Å²) in [5.41, 5.74) is 3.63. The van der Waals surface area contributed by atoms with Crippen LogP contribution in [-0.2, 0) is 0 Å². The first-order chi connectivity index (χ1) is 15.1. The molecule has 3 aromatic rings. The second-order valence-electron chi connectivity index (χ2n) is 8.15. The topological polar surface area (TPSA) is 79.6 Å². The lowest BCUT2D eigenvalue weighted by atomic mass is 10.1. The summed E-state index contributed by atoms with van der Waals surface area (Å²) in [7, 11) is 0. The number of nitrogens with one attached hydrogen (secondary N) is 1. The zero-order chi connectivity index (χ0) is 21.4. The van der Waals surface area contributed by atoms with Crippen LogP contribution in [0, 0.1) is 0 Å². The highest BCUT2D eigenvalue weighted by Crippen LogP contribution is 2.27. The van der Waals surface area contributed by atoms with Gasteiger partial charge in [-0.2, -0.15) is 0 Å². The largest absolute Gasteiger partial charge is 0.349 e. The molecule has 7 nitrogen and oxygen atoms in total. The summed E-state index contributed by atoms with van der Waals surface area (Å²) < 4.78 is 1.94. The molecule has 5 rings (SSSR count). The molecule has 0 atom stereocenters. The summed E-state index contributed by atoms with van der Waals surface area (Å²) in [5, 5.41) is 3.74. The van der Waals surface area contributed by atoms with Crippen molar-refractivity contribution in [3.8, 4) is 11.3 Å². The van der Waals surface area contributed by atoms with E-state index in [0.29, 0.717) is 17.3 Å². The second kappa shape index (κ2) is 8.34. The van der Waals surface area contributed by atoms with Crippen molar-refractivity contribution in [2.75, 3.05) is 19.3 Å². The van der Waals surface area contributed by atoms with Crippen molar-refractivity contribution in [2.24, 2.45) is 0 Å². The van der Waals surface area contributed by atoms with Crippen LogP contribution in [-0.4, -0.2) is 56.5 Å². The Balaban J connectivity index is 1.48. The predicted molar refractivity (Wildman–Crippen MR) is 120 cm³/mol. The summed E-state index contributed by atoms with van der Waals surface area (Å²) >= 11 is 1.48. The lowest BCUT2D eigenvalue weighted by molar-refractivity contribution is 0.0717. The van der Waals surface area contributed by atoms with E-state index in [-0.39, 0.29) is 11.8 Å². The van der Waals surface area contributed by atoms with Gasteiger partial charge in [0.2, 0.25) is 0 Å². The molecule has 1 saturated heterocycles. The van der Waals surface area contributed by atoms with Crippen LogP contribution >= 0.6 is 11.8 Å². The molecule has 0 bridgehead atoms. The number of benzene rings is 1.